The Morgan fingerprint density at radius 2 is 0.600 bits per heavy atom. The summed E-state index contributed by atoms with van der Waals surface area (Å²) in [5.41, 5.74) is 0.324. The maximum absolute atomic E-state index is 10.1. The van der Waals surface area contributed by atoms with Crippen LogP contribution in [0.15, 0.2) is 97.6 Å². The monoisotopic (exact) mass is 682 g/mol. The number of nitrogens with zero attached hydrogens (tertiary/aromatic N) is 4. The second-order valence-corrected chi connectivity index (χ2v) is 6.08. The van der Waals surface area contributed by atoms with E-state index in [1.165, 1.54) is 49.1 Å². The molecule has 0 amide bonds. The van der Waals surface area contributed by atoms with Gasteiger partial charge in [-0.2, -0.15) is 0 Å². The van der Waals surface area contributed by atoms with E-state index in [2.05, 4.69) is 19.9 Å². The number of aromatic carboxylic acids is 4. The maximum atomic E-state index is 10.1. The molecule has 0 aliphatic heterocycles. The summed E-state index contributed by atoms with van der Waals surface area (Å²) in [7, 11) is 0. The van der Waals surface area contributed by atoms with Gasteiger partial charge in [0.05, 0.1) is 0 Å². The van der Waals surface area contributed by atoms with Crippen molar-refractivity contribution in [3.63, 3.8) is 0 Å². The van der Waals surface area contributed by atoms with E-state index in [0.29, 0.717) is 0 Å². The number of pyridine rings is 4. The minimum absolute atomic E-state index is 0. The van der Waals surface area contributed by atoms with Crippen molar-refractivity contribution >= 4 is 23.9 Å². The van der Waals surface area contributed by atoms with Gasteiger partial charge in [0.25, 0.3) is 0 Å². The van der Waals surface area contributed by atoms with Gasteiger partial charge in [-0.05, 0) is 48.5 Å². The number of rotatable bonds is 4. The van der Waals surface area contributed by atoms with Crippen LogP contribution in [0, 0.1) is 0 Å². The van der Waals surface area contributed by atoms with Gasteiger partial charge in [0.15, 0.2) is 0 Å². The Balaban J connectivity index is -0.000000209. The van der Waals surface area contributed by atoms with Gasteiger partial charge in [-0.25, -0.2) is 39.1 Å². The first-order chi connectivity index (χ1) is 17.2. The summed E-state index contributed by atoms with van der Waals surface area (Å²) in [5.74, 6) is -3.96. The van der Waals surface area contributed by atoms with Gasteiger partial charge in [-0.1, -0.05) is 24.3 Å². The molecule has 0 atom stereocenters. The van der Waals surface area contributed by atoms with Crippen LogP contribution in [-0.4, -0.2) is 69.7 Å². The number of hydrogen-bond donors (Lipinski definition) is 4. The fraction of sp³-hybridized carbons (Fsp3) is 0. The molecule has 0 aliphatic carbocycles. The minimum atomic E-state index is -0.990. The summed E-state index contributed by atoms with van der Waals surface area (Å²) in [5, 5.41) is 33.3. The van der Waals surface area contributed by atoms with Gasteiger partial charge in [-0.3, -0.25) is 0 Å². The summed E-state index contributed by atoms with van der Waals surface area (Å²) in [6, 6.07) is 19.0. The predicted octanol–water partition coefficient (Wildman–Crippen LogP) is -3.70. The van der Waals surface area contributed by atoms with Crippen LogP contribution in [0.5, 0.6) is 0 Å². The molecule has 0 spiro atoms. The van der Waals surface area contributed by atoms with Gasteiger partial charge in [0.2, 0.25) is 0 Å². The zero-order valence-electron chi connectivity index (χ0n) is 20.1. The number of carbonyl (C=O) groups is 4. The molecule has 40 heavy (non-hydrogen) atoms. The molecular weight excluding hydrogens is 660 g/mol. The summed E-state index contributed by atoms with van der Waals surface area (Å²) in [4.78, 5) is 54.9. The van der Waals surface area contributed by atoms with Crippen molar-refractivity contribution in [2.75, 3.05) is 0 Å². The van der Waals surface area contributed by atoms with E-state index in [9.17, 15) is 19.2 Å². The number of halogens is 2. The summed E-state index contributed by atoms with van der Waals surface area (Å²) in [6.07, 6.45) is 5.79. The van der Waals surface area contributed by atoms with Crippen LogP contribution < -0.4 is 24.8 Å². The fourth-order valence-electron chi connectivity index (χ4n) is 1.96. The number of aromatic nitrogens is 4. The van der Waals surface area contributed by atoms with Crippen LogP contribution >= 0.6 is 0 Å². The van der Waals surface area contributed by atoms with E-state index < -0.39 is 23.9 Å². The Kier molecular flexibility index (Phi) is 26.6. The Labute approximate surface area is 252 Å². The zero-order chi connectivity index (χ0) is 26.8. The van der Waals surface area contributed by atoms with E-state index in [-0.39, 0.29) is 72.5 Å². The van der Waals surface area contributed by atoms with Gasteiger partial charge < -0.3 is 50.7 Å². The second-order valence-electron chi connectivity index (χ2n) is 6.08. The molecule has 213 valence electrons. The number of carboxylic acid groups (broad SMARTS) is 4. The third-order valence-corrected chi connectivity index (χ3v) is 3.54. The number of hydrogen-bond acceptors (Lipinski definition) is 8. The summed E-state index contributed by atoms with van der Waals surface area (Å²) >= 11 is 0. The van der Waals surface area contributed by atoms with Gasteiger partial charge >= 0.3 is 43.4 Å². The molecule has 4 aromatic heterocycles. The molecule has 13 nitrogen and oxygen atoms in total. The second kappa shape index (κ2) is 25.0. The van der Waals surface area contributed by atoms with Crippen LogP contribution in [0.2, 0.25) is 0 Å². The molecule has 0 fully saturated rings. The van der Waals surface area contributed by atoms with Crippen molar-refractivity contribution in [2.24, 2.45) is 0 Å². The van der Waals surface area contributed by atoms with Crippen LogP contribution in [0.4, 0.5) is 0 Å². The SMILES string of the molecule is O.O=C(O)c1ccccn1.O=C(O)c1ccccn1.O=C(O)c1ccccn1.O=C(O)c1ccccn1.[Cl-].[Cl-].[Ru+3]. The van der Waals surface area contributed by atoms with Crippen LogP contribution in [0.1, 0.15) is 42.0 Å². The van der Waals surface area contributed by atoms with Crippen molar-refractivity contribution in [1.82, 2.24) is 19.9 Å². The quantitative estimate of drug-likeness (QED) is 0.152. The van der Waals surface area contributed by atoms with Crippen LogP contribution in [0.3, 0.4) is 0 Å². The van der Waals surface area contributed by atoms with Crippen molar-refractivity contribution in [1.29, 1.82) is 0 Å². The third kappa shape index (κ3) is 18.8. The molecule has 0 saturated carbocycles. The average Bonchev–Trinajstić information content (AvgIpc) is 2.92. The van der Waals surface area contributed by atoms with E-state index in [1.807, 2.05) is 0 Å². The standard InChI is InChI=1S/4C6H5NO2.2ClH.H2O.Ru/c4*8-6(9)5-3-1-2-4-7-5;;;;/h4*1-4H,(H,8,9);2*1H;1H2;/q;;;;;;;+3/p-2. The topological polar surface area (TPSA) is 232 Å². The number of carboxylic acids is 4. The van der Waals surface area contributed by atoms with Gasteiger partial charge in [0, 0.05) is 24.8 Å². The van der Waals surface area contributed by atoms with Crippen molar-refractivity contribution in [2.45, 2.75) is 0 Å². The summed E-state index contributed by atoms with van der Waals surface area (Å²) in [6.45, 7) is 0. The smallest absolute Gasteiger partial charge is 1.00 e. The molecule has 4 aromatic rings. The Morgan fingerprint density at radius 3 is 0.675 bits per heavy atom. The molecule has 0 aliphatic rings. The molecule has 4 rings (SSSR count). The first-order valence-electron chi connectivity index (χ1n) is 9.79. The molecule has 1 radical (unpaired) electrons. The van der Waals surface area contributed by atoms with Crippen LogP contribution in [-0.2, 0) is 19.5 Å². The van der Waals surface area contributed by atoms with E-state index in [1.54, 1.807) is 48.5 Å². The third-order valence-electron chi connectivity index (χ3n) is 3.54. The van der Waals surface area contributed by atoms with Crippen molar-refractivity contribution in [3.8, 4) is 0 Å². The first-order valence-corrected chi connectivity index (χ1v) is 9.79. The molecular formula is C24H22Cl2N4O9Ru+. The van der Waals surface area contributed by atoms with Gasteiger partial charge in [-0.15, -0.1) is 0 Å². The van der Waals surface area contributed by atoms with E-state index in [0.717, 1.165) is 0 Å². The molecule has 4 heterocycles. The molecule has 0 bridgehead atoms. The predicted molar refractivity (Wildman–Crippen MR) is 128 cm³/mol. The van der Waals surface area contributed by atoms with Crippen molar-refractivity contribution in [3.05, 3.63) is 120 Å². The minimum Gasteiger partial charge on any atom is -1.00 e. The van der Waals surface area contributed by atoms with E-state index in [4.69, 9.17) is 20.4 Å². The Bertz CT molecular complexity index is 1050. The van der Waals surface area contributed by atoms with Crippen LogP contribution in [0.25, 0.3) is 0 Å². The maximum Gasteiger partial charge on any atom is 3.00 e. The Hall–Kier alpha value is -4.36. The summed E-state index contributed by atoms with van der Waals surface area (Å²) < 4.78 is 0. The normalized spacial score (nSPS) is 8.00. The molecule has 6 N–H and O–H groups in total. The van der Waals surface area contributed by atoms with Crippen molar-refractivity contribution < 1.29 is 89.4 Å². The molecule has 0 aromatic carbocycles. The first kappa shape index (κ1) is 42.7. The fourth-order valence-corrected chi connectivity index (χ4v) is 1.96. The van der Waals surface area contributed by atoms with Gasteiger partial charge in [0.1, 0.15) is 22.8 Å². The average molecular weight is 682 g/mol. The Morgan fingerprint density at radius 1 is 0.425 bits per heavy atom. The molecule has 0 unspecified atom stereocenters. The van der Waals surface area contributed by atoms with E-state index >= 15 is 0 Å². The zero-order valence-corrected chi connectivity index (χ0v) is 23.3. The largest absolute Gasteiger partial charge is 3.00 e. The molecule has 0 saturated heterocycles. The molecule has 16 heteroatoms.